The third-order valence-electron chi connectivity index (χ3n) is 3.12. The Kier molecular flexibility index (Phi) is 3.16. The van der Waals surface area contributed by atoms with Crippen molar-refractivity contribution >= 4 is 17.5 Å². The molecule has 4 nitrogen and oxygen atoms in total. The zero-order valence-corrected chi connectivity index (χ0v) is 11.6. The molecule has 0 saturated carbocycles. The number of nitrogens with two attached hydrogens (primary N) is 1. The smallest absolute Gasteiger partial charge is 0.230 e. The van der Waals surface area contributed by atoms with Gasteiger partial charge in [-0.15, -0.1) is 0 Å². The van der Waals surface area contributed by atoms with Crippen molar-refractivity contribution in [1.29, 1.82) is 0 Å². The summed E-state index contributed by atoms with van der Waals surface area (Å²) in [6.45, 7) is 1.91. The first-order chi connectivity index (χ1) is 9.68. The number of hydrogen-bond donors (Lipinski definition) is 1. The van der Waals surface area contributed by atoms with E-state index in [0.29, 0.717) is 16.3 Å². The molecule has 0 radical (unpaired) electrons. The molecule has 20 heavy (non-hydrogen) atoms. The minimum Gasteiger partial charge on any atom is -0.367 e. The normalized spacial score (nSPS) is 10.7. The van der Waals surface area contributed by atoms with E-state index in [0.717, 1.165) is 16.8 Å². The van der Waals surface area contributed by atoms with Crippen molar-refractivity contribution in [2.45, 2.75) is 6.92 Å². The lowest BCUT2D eigenvalue weighted by Crippen LogP contribution is -1.91. The van der Waals surface area contributed by atoms with Crippen LogP contribution in [0.5, 0.6) is 0 Å². The zero-order valence-electron chi connectivity index (χ0n) is 10.8. The molecule has 0 aliphatic rings. The van der Waals surface area contributed by atoms with Gasteiger partial charge in [-0.25, -0.2) is 0 Å². The van der Waals surface area contributed by atoms with Crippen molar-refractivity contribution in [3.8, 4) is 22.4 Å². The summed E-state index contributed by atoms with van der Waals surface area (Å²) in [6.07, 6.45) is 1.73. The molecule has 100 valence electrons. The van der Waals surface area contributed by atoms with Gasteiger partial charge in [-0.05, 0) is 25.1 Å². The van der Waals surface area contributed by atoms with Gasteiger partial charge in [0.1, 0.15) is 5.69 Å². The fraction of sp³-hybridized carbons (Fsp3) is 0.0667. The van der Waals surface area contributed by atoms with Gasteiger partial charge in [0.25, 0.3) is 0 Å². The average Bonchev–Trinajstić information content (AvgIpc) is 2.82. The number of benzene rings is 1. The van der Waals surface area contributed by atoms with E-state index in [1.807, 2.05) is 43.3 Å². The van der Waals surface area contributed by atoms with E-state index >= 15 is 0 Å². The van der Waals surface area contributed by atoms with Crippen molar-refractivity contribution in [3.05, 3.63) is 53.3 Å². The first-order valence-corrected chi connectivity index (χ1v) is 6.48. The van der Waals surface area contributed by atoms with Crippen LogP contribution < -0.4 is 5.73 Å². The zero-order chi connectivity index (χ0) is 14.1. The molecule has 0 spiro atoms. The van der Waals surface area contributed by atoms with Crippen LogP contribution in [0, 0.1) is 6.92 Å². The number of hydrogen-bond acceptors (Lipinski definition) is 4. The monoisotopic (exact) mass is 285 g/mol. The molecule has 0 bridgehead atoms. The Bertz CT molecular complexity index is 767. The van der Waals surface area contributed by atoms with Crippen molar-refractivity contribution in [3.63, 3.8) is 0 Å². The molecule has 0 fully saturated rings. The number of halogens is 1. The maximum atomic E-state index is 6.25. The van der Waals surface area contributed by atoms with Crippen LogP contribution in [-0.4, -0.2) is 10.1 Å². The number of nitrogen functional groups attached to an aromatic ring is 1. The third-order valence-corrected chi connectivity index (χ3v) is 3.45. The van der Waals surface area contributed by atoms with Gasteiger partial charge in [0.15, 0.2) is 0 Å². The fourth-order valence-corrected chi connectivity index (χ4v) is 2.38. The molecule has 2 N–H and O–H groups in total. The standard InChI is InChI=1S/C15H12ClN3O/c1-9-10(6-4-8-18-9)14-13(15(17)20-19-14)11-5-2-3-7-12(11)16/h2-8H,17H2,1H3. The Morgan fingerprint density at radius 1 is 1.10 bits per heavy atom. The van der Waals surface area contributed by atoms with Gasteiger partial charge in [-0.3, -0.25) is 4.98 Å². The number of aryl methyl sites for hydroxylation is 1. The highest BCUT2D eigenvalue weighted by atomic mass is 35.5. The number of anilines is 1. The van der Waals surface area contributed by atoms with Gasteiger partial charge in [-0.1, -0.05) is 35.0 Å². The molecule has 0 unspecified atom stereocenters. The Hall–Kier alpha value is -2.33. The van der Waals surface area contributed by atoms with Crippen molar-refractivity contribution < 1.29 is 4.52 Å². The lowest BCUT2D eigenvalue weighted by molar-refractivity contribution is 0.439. The van der Waals surface area contributed by atoms with Crippen molar-refractivity contribution in [2.75, 3.05) is 5.73 Å². The average molecular weight is 286 g/mol. The largest absolute Gasteiger partial charge is 0.367 e. The summed E-state index contributed by atoms with van der Waals surface area (Å²) in [5.74, 6) is 0.247. The van der Waals surface area contributed by atoms with E-state index in [-0.39, 0.29) is 5.88 Å². The number of rotatable bonds is 2. The molecule has 0 aliphatic carbocycles. The molecular weight excluding hydrogens is 274 g/mol. The van der Waals surface area contributed by atoms with Crippen LogP contribution in [0.15, 0.2) is 47.1 Å². The maximum Gasteiger partial charge on any atom is 0.230 e. The minimum atomic E-state index is 0.247. The highest BCUT2D eigenvalue weighted by molar-refractivity contribution is 6.33. The molecule has 2 heterocycles. The van der Waals surface area contributed by atoms with Crippen molar-refractivity contribution in [2.24, 2.45) is 0 Å². The van der Waals surface area contributed by atoms with Gasteiger partial charge in [-0.2, -0.15) is 0 Å². The van der Waals surface area contributed by atoms with Gasteiger partial charge in [0, 0.05) is 28.0 Å². The summed E-state index contributed by atoms with van der Waals surface area (Å²) in [5.41, 5.74) is 9.81. The molecule has 0 aliphatic heterocycles. The van der Waals surface area contributed by atoms with Crippen LogP contribution in [0.4, 0.5) is 5.88 Å². The van der Waals surface area contributed by atoms with E-state index < -0.39 is 0 Å². The highest BCUT2D eigenvalue weighted by Gasteiger charge is 2.20. The molecular formula is C15H12ClN3O. The van der Waals surface area contributed by atoms with Crippen LogP contribution in [0.2, 0.25) is 5.02 Å². The predicted octanol–water partition coefficient (Wildman–Crippen LogP) is 3.95. The van der Waals surface area contributed by atoms with Crippen LogP contribution in [0.3, 0.4) is 0 Å². The fourth-order valence-electron chi connectivity index (χ4n) is 2.15. The van der Waals surface area contributed by atoms with Gasteiger partial charge < -0.3 is 10.3 Å². The molecule has 3 rings (SSSR count). The Morgan fingerprint density at radius 3 is 2.60 bits per heavy atom. The van der Waals surface area contributed by atoms with Gasteiger partial charge >= 0.3 is 0 Å². The maximum absolute atomic E-state index is 6.25. The molecule has 1 aromatic carbocycles. The molecule has 5 heteroatoms. The molecule has 0 saturated heterocycles. The SMILES string of the molecule is Cc1ncccc1-c1noc(N)c1-c1ccccc1Cl. The van der Waals surface area contributed by atoms with Crippen LogP contribution >= 0.6 is 11.6 Å². The Morgan fingerprint density at radius 2 is 1.85 bits per heavy atom. The summed E-state index contributed by atoms with van der Waals surface area (Å²) >= 11 is 6.25. The molecule has 0 amide bonds. The lowest BCUT2D eigenvalue weighted by atomic mass is 10.0. The quantitative estimate of drug-likeness (QED) is 0.774. The lowest BCUT2D eigenvalue weighted by Gasteiger charge is -2.06. The summed E-state index contributed by atoms with van der Waals surface area (Å²) in [5, 5.41) is 4.67. The number of pyridine rings is 1. The first-order valence-electron chi connectivity index (χ1n) is 6.10. The Labute approximate surface area is 121 Å². The highest BCUT2D eigenvalue weighted by Crippen LogP contribution is 2.39. The van der Waals surface area contributed by atoms with E-state index in [2.05, 4.69) is 10.1 Å². The van der Waals surface area contributed by atoms with Gasteiger partial charge in [0.2, 0.25) is 5.88 Å². The topological polar surface area (TPSA) is 64.9 Å². The van der Waals surface area contributed by atoms with Crippen LogP contribution in [0.25, 0.3) is 22.4 Å². The summed E-state index contributed by atoms with van der Waals surface area (Å²) in [4.78, 5) is 4.27. The second-order valence-corrected chi connectivity index (χ2v) is 4.79. The molecule has 0 atom stereocenters. The third kappa shape index (κ3) is 2.04. The van der Waals surface area contributed by atoms with Gasteiger partial charge in [0.05, 0.1) is 5.56 Å². The number of aromatic nitrogens is 2. The van der Waals surface area contributed by atoms with E-state index in [4.69, 9.17) is 21.9 Å². The second-order valence-electron chi connectivity index (χ2n) is 4.39. The molecule has 3 aromatic rings. The number of nitrogens with zero attached hydrogens (tertiary/aromatic N) is 2. The minimum absolute atomic E-state index is 0.247. The Balaban J connectivity index is 2.26. The second kappa shape index (κ2) is 4.98. The van der Waals surface area contributed by atoms with Crippen LogP contribution in [0.1, 0.15) is 5.69 Å². The van der Waals surface area contributed by atoms with E-state index in [1.165, 1.54) is 0 Å². The van der Waals surface area contributed by atoms with E-state index in [9.17, 15) is 0 Å². The predicted molar refractivity (Wildman–Crippen MR) is 79.3 cm³/mol. The van der Waals surface area contributed by atoms with Crippen LogP contribution in [-0.2, 0) is 0 Å². The first kappa shape index (κ1) is 12.7. The van der Waals surface area contributed by atoms with E-state index in [1.54, 1.807) is 6.20 Å². The molecule has 2 aromatic heterocycles. The summed E-state index contributed by atoms with van der Waals surface area (Å²) in [6, 6.07) is 11.2. The summed E-state index contributed by atoms with van der Waals surface area (Å²) in [7, 11) is 0. The van der Waals surface area contributed by atoms with Crippen molar-refractivity contribution in [1.82, 2.24) is 10.1 Å². The summed E-state index contributed by atoms with van der Waals surface area (Å²) < 4.78 is 5.16.